The normalized spacial score (nSPS) is 21.2. The fourth-order valence-corrected chi connectivity index (χ4v) is 5.80. The van der Waals surface area contributed by atoms with Crippen LogP contribution in [-0.4, -0.2) is 51.5 Å². The Balaban J connectivity index is 1.26. The molecular formula is C29H28F2N4O. The number of likely N-dealkylation sites (tertiary alicyclic amines) is 1. The Labute approximate surface area is 209 Å². The molecule has 36 heavy (non-hydrogen) atoms. The number of fused-ring (bicyclic) bond motifs is 2. The second-order valence-electron chi connectivity index (χ2n) is 10.2. The van der Waals surface area contributed by atoms with Crippen LogP contribution in [0.25, 0.3) is 0 Å². The molecule has 7 heteroatoms. The third-order valence-electron chi connectivity index (χ3n) is 7.41. The highest BCUT2D eigenvalue weighted by molar-refractivity contribution is 6.15. The topological polar surface area (TPSA) is 48.8 Å². The van der Waals surface area contributed by atoms with Gasteiger partial charge in [-0.2, -0.15) is 0 Å². The number of alkyl halides is 2. The molecule has 5 nitrogen and oxygen atoms in total. The molecule has 2 aromatic carbocycles. The van der Waals surface area contributed by atoms with Crippen molar-refractivity contribution in [2.75, 3.05) is 13.1 Å². The van der Waals surface area contributed by atoms with E-state index in [1.165, 1.54) is 0 Å². The first-order chi connectivity index (χ1) is 17.3. The summed E-state index contributed by atoms with van der Waals surface area (Å²) in [5.74, 6) is -2.91. The zero-order valence-corrected chi connectivity index (χ0v) is 20.3. The summed E-state index contributed by atoms with van der Waals surface area (Å²) in [5, 5.41) is 0. The minimum absolute atomic E-state index is 0.0753. The Bertz CT molecular complexity index is 1350. The Kier molecular flexibility index (Phi) is 5.67. The predicted octanol–water partition coefficient (Wildman–Crippen LogP) is 4.54. The molecule has 1 amide bonds. The number of carbonyl (C=O) groups is 1. The molecule has 0 N–H and O–H groups in total. The van der Waals surface area contributed by atoms with Crippen molar-refractivity contribution in [3.8, 4) is 0 Å². The van der Waals surface area contributed by atoms with Gasteiger partial charge in [-0.15, -0.1) is 0 Å². The van der Waals surface area contributed by atoms with Gasteiger partial charge in [-0.3, -0.25) is 19.7 Å². The van der Waals surface area contributed by atoms with Gasteiger partial charge in [0.15, 0.2) is 0 Å². The summed E-state index contributed by atoms with van der Waals surface area (Å²) in [6.07, 6.45) is 1.73. The van der Waals surface area contributed by atoms with Gasteiger partial charge in [0.05, 0.1) is 31.3 Å². The van der Waals surface area contributed by atoms with Crippen molar-refractivity contribution in [2.45, 2.75) is 51.4 Å². The van der Waals surface area contributed by atoms with Crippen LogP contribution in [0.15, 0.2) is 65.8 Å². The van der Waals surface area contributed by atoms with E-state index in [1.54, 1.807) is 16.0 Å². The lowest BCUT2D eigenvalue weighted by Gasteiger charge is -2.44. The van der Waals surface area contributed by atoms with Gasteiger partial charge in [0.1, 0.15) is 0 Å². The highest BCUT2D eigenvalue weighted by Crippen LogP contribution is 2.35. The molecule has 0 saturated carbocycles. The molecule has 3 aromatic rings. The van der Waals surface area contributed by atoms with E-state index in [1.807, 2.05) is 49.4 Å². The maximum atomic E-state index is 14.8. The maximum Gasteiger partial charge on any atom is 0.262 e. The van der Waals surface area contributed by atoms with Crippen LogP contribution in [0, 0.1) is 6.92 Å². The molecule has 1 saturated heterocycles. The van der Waals surface area contributed by atoms with Crippen LogP contribution < -0.4 is 0 Å². The van der Waals surface area contributed by atoms with Crippen molar-refractivity contribution in [2.24, 2.45) is 4.99 Å². The number of aliphatic imine (C=N–C) groups is 1. The Morgan fingerprint density at radius 2 is 1.89 bits per heavy atom. The van der Waals surface area contributed by atoms with Crippen LogP contribution in [0.4, 0.5) is 8.78 Å². The van der Waals surface area contributed by atoms with Crippen molar-refractivity contribution in [3.63, 3.8) is 0 Å². The molecule has 0 unspecified atom stereocenters. The van der Waals surface area contributed by atoms with E-state index in [0.29, 0.717) is 26.2 Å². The largest absolute Gasteiger partial charge is 0.334 e. The van der Waals surface area contributed by atoms with Crippen LogP contribution in [0.3, 0.4) is 0 Å². The van der Waals surface area contributed by atoms with Gasteiger partial charge in [-0.25, -0.2) is 8.78 Å². The number of aryl methyl sites for hydroxylation is 1. The molecule has 3 aliphatic rings. The zero-order valence-electron chi connectivity index (χ0n) is 20.3. The van der Waals surface area contributed by atoms with E-state index >= 15 is 0 Å². The SMILES string of the molecule is Cc1cc(C2=NCc3cc4c(cc32)CN([C@H]2CN(Cc3ccccc3)CC(F)(F)C2)C(=O)C4)ccn1. The van der Waals surface area contributed by atoms with E-state index in [-0.39, 0.29) is 25.3 Å². The Hall–Kier alpha value is -3.45. The van der Waals surface area contributed by atoms with Gasteiger partial charge in [-0.05, 0) is 47.4 Å². The molecule has 184 valence electrons. The minimum Gasteiger partial charge on any atom is -0.334 e. The molecule has 1 atom stereocenters. The molecule has 0 aliphatic carbocycles. The predicted molar refractivity (Wildman–Crippen MR) is 134 cm³/mol. The highest BCUT2D eigenvalue weighted by Gasteiger charge is 2.44. The number of carbonyl (C=O) groups excluding carboxylic acids is 1. The van der Waals surface area contributed by atoms with Crippen LogP contribution in [-0.2, 0) is 30.8 Å². The van der Waals surface area contributed by atoms with E-state index in [2.05, 4.69) is 17.1 Å². The molecular weight excluding hydrogens is 458 g/mol. The molecule has 1 aromatic heterocycles. The molecule has 1 fully saturated rings. The molecule has 0 radical (unpaired) electrons. The van der Waals surface area contributed by atoms with Crippen molar-refractivity contribution < 1.29 is 13.6 Å². The number of hydrogen-bond acceptors (Lipinski definition) is 4. The monoisotopic (exact) mass is 486 g/mol. The number of pyridine rings is 1. The van der Waals surface area contributed by atoms with Crippen LogP contribution >= 0.6 is 0 Å². The summed E-state index contributed by atoms with van der Waals surface area (Å²) < 4.78 is 29.7. The van der Waals surface area contributed by atoms with Gasteiger partial charge in [0.25, 0.3) is 5.92 Å². The average Bonchev–Trinajstić information content (AvgIpc) is 3.24. The van der Waals surface area contributed by atoms with Crippen LogP contribution in [0.2, 0.25) is 0 Å². The standard InChI is InChI=1S/C29H28F2N4O/c1-19-9-21(7-8-32-19)28-26-11-24-16-35(27(36)12-22(24)10-23(26)14-33-28)25-13-29(30,31)18-34(17-25)15-20-5-3-2-4-6-20/h2-11,25H,12-18H2,1H3/t25-/m1/s1. The second-order valence-corrected chi connectivity index (χ2v) is 10.2. The summed E-state index contributed by atoms with van der Waals surface area (Å²) in [6, 6.07) is 17.3. The number of amides is 1. The molecule has 0 bridgehead atoms. The molecule has 0 spiro atoms. The fraction of sp³-hybridized carbons (Fsp3) is 0.345. The van der Waals surface area contributed by atoms with Gasteiger partial charge in [0.2, 0.25) is 5.91 Å². The van der Waals surface area contributed by atoms with Crippen LogP contribution in [0.1, 0.15) is 45.5 Å². The first-order valence-corrected chi connectivity index (χ1v) is 12.4. The van der Waals surface area contributed by atoms with Crippen molar-refractivity contribution in [1.29, 1.82) is 0 Å². The van der Waals surface area contributed by atoms with Gasteiger partial charge < -0.3 is 4.90 Å². The Morgan fingerprint density at radius 1 is 1.06 bits per heavy atom. The lowest BCUT2D eigenvalue weighted by Crippen LogP contribution is -2.57. The third kappa shape index (κ3) is 4.44. The number of rotatable bonds is 4. The summed E-state index contributed by atoms with van der Waals surface area (Å²) in [5.41, 5.74) is 8.06. The van der Waals surface area contributed by atoms with E-state index in [4.69, 9.17) is 4.99 Å². The van der Waals surface area contributed by atoms with E-state index in [9.17, 15) is 13.6 Å². The van der Waals surface area contributed by atoms with Crippen molar-refractivity contribution in [1.82, 2.24) is 14.8 Å². The number of piperidine rings is 1. The first-order valence-electron chi connectivity index (χ1n) is 12.4. The lowest BCUT2D eigenvalue weighted by molar-refractivity contribution is -0.143. The highest BCUT2D eigenvalue weighted by atomic mass is 19.3. The lowest BCUT2D eigenvalue weighted by atomic mass is 9.89. The summed E-state index contributed by atoms with van der Waals surface area (Å²) in [4.78, 5) is 25.7. The smallest absolute Gasteiger partial charge is 0.262 e. The van der Waals surface area contributed by atoms with Crippen molar-refractivity contribution >= 4 is 11.6 Å². The molecule has 3 aliphatic heterocycles. The zero-order chi connectivity index (χ0) is 24.9. The number of hydrogen-bond donors (Lipinski definition) is 0. The number of aromatic nitrogens is 1. The maximum absolute atomic E-state index is 14.8. The quantitative estimate of drug-likeness (QED) is 0.544. The second kappa shape index (κ2) is 8.89. The van der Waals surface area contributed by atoms with Gasteiger partial charge in [-0.1, -0.05) is 36.4 Å². The summed E-state index contributed by atoms with van der Waals surface area (Å²) in [7, 11) is 0. The first kappa shape index (κ1) is 23.0. The van der Waals surface area contributed by atoms with E-state index in [0.717, 1.165) is 44.8 Å². The molecule has 4 heterocycles. The summed E-state index contributed by atoms with van der Waals surface area (Å²) in [6.45, 7) is 3.50. The Morgan fingerprint density at radius 3 is 2.69 bits per heavy atom. The third-order valence-corrected chi connectivity index (χ3v) is 7.41. The number of nitrogens with zero attached hydrogens (tertiary/aromatic N) is 4. The average molecular weight is 487 g/mol. The van der Waals surface area contributed by atoms with Gasteiger partial charge >= 0.3 is 0 Å². The fourth-order valence-electron chi connectivity index (χ4n) is 5.80. The number of benzene rings is 2. The number of halogens is 2. The molecule has 6 rings (SSSR count). The van der Waals surface area contributed by atoms with E-state index < -0.39 is 12.0 Å². The van der Waals surface area contributed by atoms with Crippen LogP contribution in [0.5, 0.6) is 0 Å². The van der Waals surface area contributed by atoms with Gasteiger partial charge in [0, 0.05) is 49.1 Å². The minimum atomic E-state index is -2.84. The van der Waals surface area contributed by atoms with Crippen molar-refractivity contribution in [3.05, 3.63) is 99.9 Å². The summed E-state index contributed by atoms with van der Waals surface area (Å²) >= 11 is 0.